The number of aromatic amines is 1. The lowest BCUT2D eigenvalue weighted by atomic mass is 10.1. The third-order valence-electron chi connectivity index (χ3n) is 5.74. The fraction of sp³-hybridized carbons (Fsp3) is 0.304. The maximum Gasteiger partial charge on any atom is 0.295 e. The summed E-state index contributed by atoms with van der Waals surface area (Å²) in [5.74, 6) is -0.831. The van der Waals surface area contributed by atoms with E-state index in [0.717, 1.165) is 29.7 Å². The molecule has 0 radical (unpaired) electrons. The van der Waals surface area contributed by atoms with Crippen LogP contribution in [0.1, 0.15) is 27.2 Å². The van der Waals surface area contributed by atoms with Crippen LogP contribution < -0.4 is 4.90 Å². The van der Waals surface area contributed by atoms with Crippen molar-refractivity contribution in [3.63, 3.8) is 0 Å². The Balaban J connectivity index is 1.48. The number of nitrogens with zero attached hydrogens (tertiary/aromatic N) is 2. The molecular weight excluding hydrogens is 350 g/mol. The first-order valence-electron chi connectivity index (χ1n) is 9.69. The first-order valence-corrected chi connectivity index (χ1v) is 9.69. The third-order valence-corrected chi connectivity index (χ3v) is 5.74. The van der Waals surface area contributed by atoms with Crippen molar-refractivity contribution in [1.29, 1.82) is 0 Å². The van der Waals surface area contributed by atoms with Gasteiger partial charge in [-0.25, -0.2) is 0 Å². The van der Waals surface area contributed by atoms with Crippen molar-refractivity contribution in [2.75, 3.05) is 31.1 Å². The highest BCUT2D eigenvalue weighted by Crippen LogP contribution is 2.24. The van der Waals surface area contributed by atoms with E-state index in [9.17, 15) is 9.59 Å². The van der Waals surface area contributed by atoms with Gasteiger partial charge in [-0.05, 0) is 50.1 Å². The average molecular weight is 375 g/mol. The number of Topliss-reactive ketones (excluding diaryl/α,β-unsaturated/α-hetero) is 1. The topological polar surface area (TPSA) is 56.4 Å². The number of nitrogens with one attached hydrogen (secondary N) is 1. The summed E-state index contributed by atoms with van der Waals surface area (Å²) in [6.45, 7) is 8.63. The summed E-state index contributed by atoms with van der Waals surface area (Å²) in [6, 6.07) is 14.1. The van der Waals surface area contributed by atoms with Gasteiger partial charge < -0.3 is 14.8 Å². The van der Waals surface area contributed by atoms with Gasteiger partial charge in [0.15, 0.2) is 0 Å². The predicted octanol–water partition coefficient (Wildman–Crippen LogP) is 3.62. The van der Waals surface area contributed by atoms with Gasteiger partial charge in [0.25, 0.3) is 11.7 Å². The second-order valence-corrected chi connectivity index (χ2v) is 7.55. The van der Waals surface area contributed by atoms with E-state index < -0.39 is 11.7 Å². The van der Waals surface area contributed by atoms with Crippen LogP contribution in [0.15, 0.2) is 42.5 Å². The number of benzene rings is 2. The van der Waals surface area contributed by atoms with Crippen molar-refractivity contribution in [3.8, 4) is 0 Å². The zero-order valence-corrected chi connectivity index (χ0v) is 16.6. The van der Waals surface area contributed by atoms with Crippen LogP contribution in [0.5, 0.6) is 0 Å². The largest absolute Gasteiger partial charge is 0.368 e. The van der Waals surface area contributed by atoms with Crippen molar-refractivity contribution in [3.05, 3.63) is 64.8 Å². The van der Waals surface area contributed by atoms with E-state index in [0.29, 0.717) is 18.7 Å². The molecule has 0 saturated carbocycles. The molecule has 1 fully saturated rings. The van der Waals surface area contributed by atoms with E-state index in [4.69, 9.17) is 0 Å². The monoisotopic (exact) mass is 375 g/mol. The highest BCUT2D eigenvalue weighted by molar-refractivity contribution is 6.45. The molecule has 1 aromatic heterocycles. The SMILES string of the molecule is Cc1ccc(N2CCN(C(=O)C(=O)c3c(C)[nH]c4ccccc34)CC2)cc1C. The summed E-state index contributed by atoms with van der Waals surface area (Å²) in [5.41, 5.74) is 5.84. The van der Waals surface area contributed by atoms with E-state index >= 15 is 0 Å². The van der Waals surface area contributed by atoms with Gasteiger partial charge in [-0.3, -0.25) is 9.59 Å². The van der Waals surface area contributed by atoms with Gasteiger partial charge in [-0.1, -0.05) is 24.3 Å². The number of amides is 1. The van der Waals surface area contributed by atoms with E-state index in [1.54, 1.807) is 4.90 Å². The molecule has 5 heteroatoms. The molecule has 0 atom stereocenters. The summed E-state index contributed by atoms with van der Waals surface area (Å²) >= 11 is 0. The molecule has 0 spiro atoms. The lowest BCUT2D eigenvalue weighted by Crippen LogP contribution is -2.50. The van der Waals surface area contributed by atoms with E-state index in [1.165, 1.54) is 16.8 Å². The summed E-state index contributed by atoms with van der Waals surface area (Å²) in [4.78, 5) is 33.0. The Morgan fingerprint density at radius 1 is 0.893 bits per heavy atom. The Morgan fingerprint density at radius 3 is 2.32 bits per heavy atom. The number of hydrogen-bond donors (Lipinski definition) is 1. The fourth-order valence-corrected chi connectivity index (χ4v) is 3.91. The Morgan fingerprint density at radius 2 is 1.61 bits per heavy atom. The van der Waals surface area contributed by atoms with E-state index in [2.05, 4.69) is 41.9 Å². The lowest BCUT2D eigenvalue weighted by molar-refractivity contribution is -0.126. The molecule has 0 aliphatic carbocycles. The molecule has 0 bridgehead atoms. The van der Waals surface area contributed by atoms with Gasteiger partial charge in [0, 0.05) is 48.5 Å². The van der Waals surface area contributed by atoms with Crippen LogP contribution in [0.25, 0.3) is 10.9 Å². The first-order chi connectivity index (χ1) is 13.5. The molecule has 3 aromatic rings. The minimum Gasteiger partial charge on any atom is -0.368 e. The van der Waals surface area contributed by atoms with Gasteiger partial charge in [0.05, 0.1) is 5.56 Å². The van der Waals surface area contributed by atoms with Gasteiger partial charge in [-0.15, -0.1) is 0 Å². The Bertz CT molecular complexity index is 1060. The molecule has 28 heavy (non-hydrogen) atoms. The zero-order valence-electron chi connectivity index (χ0n) is 16.6. The van der Waals surface area contributed by atoms with Crippen LogP contribution >= 0.6 is 0 Å². The number of carbonyl (C=O) groups excluding carboxylic acids is 2. The molecule has 5 nitrogen and oxygen atoms in total. The van der Waals surface area contributed by atoms with E-state index in [1.807, 2.05) is 31.2 Å². The second-order valence-electron chi connectivity index (χ2n) is 7.55. The number of ketones is 1. The van der Waals surface area contributed by atoms with Crippen LogP contribution in [-0.4, -0.2) is 47.8 Å². The molecule has 2 aromatic carbocycles. The lowest BCUT2D eigenvalue weighted by Gasteiger charge is -2.36. The van der Waals surface area contributed by atoms with Crippen molar-refractivity contribution in [2.45, 2.75) is 20.8 Å². The Kier molecular flexibility index (Phi) is 4.67. The minimum atomic E-state index is -0.422. The number of aromatic nitrogens is 1. The maximum atomic E-state index is 12.9. The summed E-state index contributed by atoms with van der Waals surface area (Å²) in [7, 11) is 0. The molecule has 4 rings (SSSR count). The molecule has 1 aliphatic rings. The Hall–Kier alpha value is -3.08. The average Bonchev–Trinajstić information content (AvgIpc) is 3.04. The van der Waals surface area contributed by atoms with Gasteiger partial charge in [0.1, 0.15) is 0 Å². The molecule has 144 valence electrons. The molecule has 1 amide bonds. The van der Waals surface area contributed by atoms with Crippen LogP contribution in [-0.2, 0) is 4.79 Å². The number of para-hydroxylation sites is 1. The van der Waals surface area contributed by atoms with Crippen LogP contribution in [0.3, 0.4) is 0 Å². The molecule has 2 heterocycles. The number of H-pyrrole nitrogens is 1. The van der Waals surface area contributed by atoms with Gasteiger partial charge in [0.2, 0.25) is 0 Å². The minimum absolute atomic E-state index is 0.410. The number of aryl methyl sites for hydroxylation is 3. The normalized spacial score (nSPS) is 14.5. The highest BCUT2D eigenvalue weighted by atomic mass is 16.2. The summed E-state index contributed by atoms with van der Waals surface area (Å²) < 4.78 is 0. The number of hydrogen-bond acceptors (Lipinski definition) is 3. The number of rotatable bonds is 3. The van der Waals surface area contributed by atoms with E-state index in [-0.39, 0.29) is 0 Å². The molecule has 1 saturated heterocycles. The zero-order chi connectivity index (χ0) is 19.8. The highest BCUT2D eigenvalue weighted by Gasteiger charge is 2.29. The van der Waals surface area contributed by atoms with Crippen molar-refractivity contribution < 1.29 is 9.59 Å². The fourth-order valence-electron chi connectivity index (χ4n) is 3.91. The standard InChI is InChI=1S/C23H25N3O2/c1-15-8-9-18(14-16(15)2)25-10-12-26(13-11-25)23(28)22(27)21-17(3)24-20-7-5-4-6-19(20)21/h4-9,14,24H,10-13H2,1-3H3. The van der Waals surface area contributed by atoms with Crippen molar-refractivity contribution in [1.82, 2.24) is 9.88 Å². The molecule has 0 unspecified atom stereocenters. The smallest absolute Gasteiger partial charge is 0.295 e. The second kappa shape index (κ2) is 7.15. The van der Waals surface area contributed by atoms with Gasteiger partial charge in [-0.2, -0.15) is 0 Å². The van der Waals surface area contributed by atoms with Crippen LogP contribution in [0.2, 0.25) is 0 Å². The van der Waals surface area contributed by atoms with Crippen LogP contribution in [0, 0.1) is 20.8 Å². The van der Waals surface area contributed by atoms with Crippen molar-refractivity contribution >= 4 is 28.3 Å². The maximum absolute atomic E-state index is 12.9. The number of fused-ring (bicyclic) bond motifs is 1. The quantitative estimate of drug-likeness (QED) is 0.562. The predicted molar refractivity (Wildman–Crippen MR) is 112 cm³/mol. The number of piperazine rings is 1. The molecule has 1 aliphatic heterocycles. The van der Waals surface area contributed by atoms with Crippen molar-refractivity contribution in [2.24, 2.45) is 0 Å². The number of carbonyl (C=O) groups is 2. The third kappa shape index (κ3) is 3.17. The summed E-state index contributed by atoms with van der Waals surface area (Å²) in [5, 5.41) is 0.812. The van der Waals surface area contributed by atoms with Gasteiger partial charge >= 0.3 is 0 Å². The first kappa shape index (κ1) is 18.3. The van der Waals surface area contributed by atoms with Crippen LogP contribution in [0.4, 0.5) is 5.69 Å². The molecule has 1 N–H and O–H groups in total. The summed E-state index contributed by atoms with van der Waals surface area (Å²) in [6.07, 6.45) is 0. The molecular formula is C23H25N3O2. The number of anilines is 1. The Labute approximate surface area is 165 Å².